The zero-order valence-electron chi connectivity index (χ0n) is 13.2. The topological polar surface area (TPSA) is 56.5 Å². The van der Waals surface area contributed by atoms with Gasteiger partial charge in [0, 0.05) is 7.11 Å². The zero-order valence-corrected chi connectivity index (χ0v) is 13.2. The predicted octanol–water partition coefficient (Wildman–Crippen LogP) is 3.33. The van der Waals surface area contributed by atoms with Crippen molar-refractivity contribution in [1.29, 1.82) is 0 Å². The number of rotatable bonds is 7. The van der Waals surface area contributed by atoms with Crippen molar-refractivity contribution in [1.82, 2.24) is 5.43 Å². The van der Waals surface area contributed by atoms with Gasteiger partial charge in [-0.15, -0.1) is 0 Å². The Labute approximate surface area is 128 Å². The molecule has 0 radical (unpaired) electrons. The molecule has 0 spiro atoms. The number of ether oxygens (including phenoxy) is 2. The van der Waals surface area contributed by atoms with Crippen molar-refractivity contribution < 1.29 is 9.47 Å². The average Bonchev–Trinajstić information content (AvgIpc) is 2.55. The summed E-state index contributed by atoms with van der Waals surface area (Å²) in [5, 5.41) is 0. The summed E-state index contributed by atoms with van der Waals surface area (Å²) in [4.78, 5) is 0. The van der Waals surface area contributed by atoms with Crippen molar-refractivity contribution in [2.75, 3.05) is 13.7 Å². The first-order valence-corrected chi connectivity index (χ1v) is 8.00. The fourth-order valence-corrected chi connectivity index (χ4v) is 3.29. The van der Waals surface area contributed by atoms with Crippen molar-refractivity contribution in [3.8, 4) is 5.75 Å². The van der Waals surface area contributed by atoms with Crippen LogP contribution in [0.5, 0.6) is 5.75 Å². The van der Waals surface area contributed by atoms with Crippen molar-refractivity contribution in [3.63, 3.8) is 0 Å². The molecule has 0 bridgehead atoms. The minimum absolute atomic E-state index is 0.0167. The molecule has 2 rings (SSSR count). The molecular weight excluding hydrogens is 264 g/mol. The highest BCUT2D eigenvalue weighted by atomic mass is 16.5. The smallest absolute Gasteiger partial charge is 0.119 e. The third-order valence-electron chi connectivity index (χ3n) is 4.49. The molecule has 1 aromatic carbocycles. The van der Waals surface area contributed by atoms with E-state index in [2.05, 4.69) is 24.5 Å². The Kier molecular flexibility index (Phi) is 6.03. The lowest BCUT2D eigenvalue weighted by molar-refractivity contribution is -0.0688. The monoisotopic (exact) mass is 292 g/mol. The molecule has 1 unspecified atom stereocenters. The van der Waals surface area contributed by atoms with Crippen LogP contribution < -0.4 is 16.0 Å². The Hall–Kier alpha value is -1.10. The summed E-state index contributed by atoms with van der Waals surface area (Å²) in [5.41, 5.74) is 3.94. The summed E-state index contributed by atoms with van der Waals surface area (Å²) < 4.78 is 11.5. The van der Waals surface area contributed by atoms with Gasteiger partial charge in [0.05, 0.1) is 18.2 Å². The molecule has 1 fully saturated rings. The summed E-state index contributed by atoms with van der Waals surface area (Å²) in [6, 6.07) is 8.22. The minimum Gasteiger partial charge on any atom is -0.494 e. The van der Waals surface area contributed by atoms with E-state index in [0.29, 0.717) is 0 Å². The molecule has 1 saturated carbocycles. The number of nitrogens with one attached hydrogen (secondary N) is 1. The first-order valence-electron chi connectivity index (χ1n) is 8.00. The number of benzene rings is 1. The van der Waals surface area contributed by atoms with Crippen LogP contribution in [0.2, 0.25) is 0 Å². The highest BCUT2D eigenvalue weighted by Crippen LogP contribution is 2.41. The molecule has 1 aromatic rings. The van der Waals surface area contributed by atoms with Crippen LogP contribution in [-0.4, -0.2) is 19.3 Å². The second-order valence-electron chi connectivity index (χ2n) is 5.85. The van der Waals surface area contributed by atoms with Gasteiger partial charge in [-0.3, -0.25) is 11.3 Å². The van der Waals surface area contributed by atoms with E-state index in [0.717, 1.165) is 37.2 Å². The maximum Gasteiger partial charge on any atom is 0.119 e. The van der Waals surface area contributed by atoms with E-state index >= 15 is 0 Å². The fraction of sp³-hybridized carbons (Fsp3) is 0.647. The second-order valence-corrected chi connectivity index (χ2v) is 5.85. The van der Waals surface area contributed by atoms with Gasteiger partial charge >= 0.3 is 0 Å². The van der Waals surface area contributed by atoms with E-state index in [1.54, 1.807) is 7.11 Å². The van der Waals surface area contributed by atoms with Gasteiger partial charge in [0.25, 0.3) is 0 Å². The summed E-state index contributed by atoms with van der Waals surface area (Å²) in [5.74, 6) is 6.76. The van der Waals surface area contributed by atoms with Crippen molar-refractivity contribution in [2.24, 2.45) is 5.84 Å². The van der Waals surface area contributed by atoms with Crippen LogP contribution in [0.25, 0.3) is 0 Å². The van der Waals surface area contributed by atoms with Crippen LogP contribution >= 0.6 is 0 Å². The normalized spacial score (nSPS) is 19.2. The summed E-state index contributed by atoms with van der Waals surface area (Å²) >= 11 is 0. The maximum atomic E-state index is 5.91. The zero-order chi connectivity index (χ0) is 15.1. The van der Waals surface area contributed by atoms with Crippen LogP contribution in [0.15, 0.2) is 24.3 Å². The highest BCUT2D eigenvalue weighted by molar-refractivity contribution is 5.31. The maximum absolute atomic E-state index is 5.91. The lowest BCUT2D eigenvalue weighted by Crippen LogP contribution is -2.49. The van der Waals surface area contributed by atoms with Gasteiger partial charge in [-0.25, -0.2) is 0 Å². The van der Waals surface area contributed by atoms with E-state index in [-0.39, 0.29) is 11.6 Å². The number of hydrazine groups is 1. The summed E-state index contributed by atoms with van der Waals surface area (Å²) in [6.45, 7) is 2.86. The lowest BCUT2D eigenvalue weighted by atomic mass is 9.77. The number of nitrogens with two attached hydrogens (primary N) is 1. The molecule has 0 aliphatic heterocycles. The van der Waals surface area contributed by atoms with Crippen molar-refractivity contribution in [2.45, 2.75) is 57.1 Å². The molecule has 4 heteroatoms. The molecule has 0 saturated heterocycles. The van der Waals surface area contributed by atoms with Crippen LogP contribution in [0, 0.1) is 0 Å². The molecule has 0 amide bonds. The quantitative estimate of drug-likeness (QED) is 0.598. The number of methoxy groups -OCH3 is 1. The molecule has 4 nitrogen and oxygen atoms in total. The summed E-state index contributed by atoms with van der Waals surface area (Å²) in [7, 11) is 1.80. The molecule has 1 aliphatic carbocycles. The SMILES string of the molecule is CCCOc1ccc(C(NN)C2(OC)CCCCC2)cc1. The van der Waals surface area contributed by atoms with E-state index in [4.69, 9.17) is 15.3 Å². The average molecular weight is 292 g/mol. The van der Waals surface area contributed by atoms with Crippen molar-refractivity contribution >= 4 is 0 Å². The van der Waals surface area contributed by atoms with Gasteiger partial charge in [0.2, 0.25) is 0 Å². The van der Waals surface area contributed by atoms with E-state index in [1.807, 2.05) is 12.1 Å². The van der Waals surface area contributed by atoms with Gasteiger partial charge in [0.1, 0.15) is 5.75 Å². The molecule has 118 valence electrons. The molecule has 21 heavy (non-hydrogen) atoms. The Morgan fingerprint density at radius 2 is 1.86 bits per heavy atom. The van der Waals surface area contributed by atoms with Gasteiger partial charge in [-0.05, 0) is 37.0 Å². The largest absolute Gasteiger partial charge is 0.494 e. The third-order valence-corrected chi connectivity index (χ3v) is 4.49. The molecule has 3 N–H and O–H groups in total. The van der Waals surface area contributed by atoms with Crippen molar-refractivity contribution in [3.05, 3.63) is 29.8 Å². The van der Waals surface area contributed by atoms with E-state index in [9.17, 15) is 0 Å². The molecule has 1 aliphatic rings. The Morgan fingerprint density at radius 3 is 2.38 bits per heavy atom. The number of hydrogen-bond acceptors (Lipinski definition) is 4. The first-order chi connectivity index (χ1) is 10.3. The Bertz CT molecular complexity index is 413. The molecule has 1 atom stereocenters. The Morgan fingerprint density at radius 1 is 1.19 bits per heavy atom. The molecule has 0 heterocycles. The first kappa shape index (κ1) is 16.3. The minimum atomic E-state index is -0.196. The Balaban J connectivity index is 2.15. The fourth-order valence-electron chi connectivity index (χ4n) is 3.29. The second kappa shape index (κ2) is 7.78. The van der Waals surface area contributed by atoms with Crippen LogP contribution in [0.4, 0.5) is 0 Å². The standard InChI is InChI=1S/C17H28N2O2/c1-3-13-21-15-9-7-14(8-10-15)16(19-18)17(20-2)11-5-4-6-12-17/h7-10,16,19H,3-6,11-13,18H2,1-2H3. The van der Waals surface area contributed by atoms with Crippen LogP contribution in [0.1, 0.15) is 57.1 Å². The molecule has 0 aromatic heterocycles. The molecular formula is C17H28N2O2. The van der Waals surface area contributed by atoms with E-state index in [1.165, 1.54) is 19.3 Å². The predicted molar refractivity (Wildman–Crippen MR) is 85.1 cm³/mol. The summed E-state index contributed by atoms with van der Waals surface area (Å²) in [6.07, 6.45) is 6.79. The van der Waals surface area contributed by atoms with E-state index < -0.39 is 0 Å². The van der Waals surface area contributed by atoms with Gasteiger partial charge in [-0.1, -0.05) is 38.3 Å². The van der Waals surface area contributed by atoms with Crippen LogP contribution in [0.3, 0.4) is 0 Å². The third kappa shape index (κ3) is 3.76. The highest BCUT2D eigenvalue weighted by Gasteiger charge is 2.40. The van der Waals surface area contributed by atoms with Crippen LogP contribution in [-0.2, 0) is 4.74 Å². The lowest BCUT2D eigenvalue weighted by Gasteiger charge is -2.42. The van der Waals surface area contributed by atoms with Gasteiger partial charge in [0.15, 0.2) is 0 Å². The van der Waals surface area contributed by atoms with Gasteiger partial charge < -0.3 is 9.47 Å². The number of hydrogen-bond donors (Lipinski definition) is 2. The van der Waals surface area contributed by atoms with Gasteiger partial charge in [-0.2, -0.15) is 0 Å².